The molecule has 1 N–H and O–H groups in total. The Morgan fingerprint density at radius 3 is 2.24 bits per heavy atom. The van der Waals surface area contributed by atoms with Gasteiger partial charge in [0, 0.05) is 7.05 Å². The lowest BCUT2D eigenvalue weighted by Crippen LogP contribution is -2.39. The van der Waals surface area contributed by atoms with Crippen molar-refractivity contribution in [1.29, 1.82) is 0 Å². The molecule has 0 aliphatic rings. The predicted molar refractivity (Wildman–Crippen MR) is 114 cm³/mol. The fourth-order valence-electron chi connectivity index (χ4n) is 3.38. The van der Waals surface area contributed by atoms with Gasteiger partial charge in [-0.1, -0.05) is 60.7 Å². The van der Waals surface area contributed by atoms with Crippen LogP contribution in [-0.2, 0) is 11.8 Å². The number of nitrogens with zero attached hydrogens (tertiary/aromatic N) is 2. The molecule has 0 aliphatic carbocycles. The molecule has 4 rings (SSSR count). The smallest absolute Gasteiger partial charge is 0.261 e. The maximum atomic E-state index is 13.0. The van der Waals surface area contributed by atoms with Crippen molar-refractivity contribution < 1.29 is 9.53 Å². The molecule has 1 amide bonds. The molecule has 0 saturated carbocycles. The third-order valence-electron chi connectivity index (χ3n) is 4.92. The first-order valence-corrected chi connectivity index (χ1v) is 9.62. The number of hydrogen-bond acceptors (Lipinski definition) is 3. The van der Waals surface area contributed by atoms with Gasteiger partial charge < -0.3 is 14.6 Å². The summed E-state index contributed by atoms with van der Waals surface area (Å²) in [5, 5.41) is 3.12. The molecule has 0 saturated heterocycles. The van der Waals surface area contributed by atoms with E-state index in [2.05, 4.69) is 5.32 Å². The molecular weight excluding hydrogens is 362 g/mol. The highest BCUT2D eigenvalue weighted by Gasteiger charge is 2.25. The molecule has 5 heteroatoms. The minimum absolute atomic E-state index is 0.199. The van der Waals surface area contributed by atoms with E-state index in [9.17, 15) is 4.79 Å². The number of amides is 1. The van der Waals surface area contributed by atoms with Gasteiger partial charge in [0.05, 0.1) is 11.0 Å². The van der Waals surface area contributed by atoms with Crippen LogP contribution in [0.5, 0.6) is 5.75 Å². The van der Waals surface area contributed by atoms with Crippen molar-refractivity contribution in [2.24, 2.45) is 7.05 Å². The number of carbonyl (C=O) groups is 1. The highest BCUT2D eigenvalue weighted by atomic mass is 16.5. The molecule has 0 aliphatic heterocycles. The molecule has 0 bridgehead atoms. The first-order chi connectivity index (χ1) is 14.1. The van der Waals surface area contributed by atoms with Crippen LogP contribution in [0.3, 0.4) is 0 Å². The second-order valence-corrected chi connectivity index (χ2v) is 6.94. The quantitative estimate of drug-likeness (QED) is 0.540. The molecule has 0 fully saturated rings. The summed E-state index contributed by atoms with van der Waals surface area (Å²) in [4.78, 5) is 17.8. The molecule has 2 atom stereocenters. The molecular formula is C24H23N3O2. The molecule has 0 unspecified atom stereocenters. The van der Waals surface area contributed by atoms with Crippen molar-refractivity contribution in [3.8, 4) is 5.75 Å². The lowest BCUT2D eigenvalue weighted by Gasteiger charge is -2.22. The van der Waals surface area contributed by atoms with E-state index in [-0.39, 0.29) is 11.9 Å². The standard InChI is InChI=1S/C24H23N3O2/c1-17(29-19-13-7-4-8-14-19)24(28)26-22(18-11-5-3-6-12-18)23-25-20-15-9-10-16-21(20)27(23)2/h3-17,22H,1-2H3,(H,26,28)/t17-,22+/m0/s1. The van der Waals surface area contributed by atoms with Crippen LogP contribution in [0.1, 0.15) is 24.4 Å². The van der Waals surface area contributed by atoms with Crippen LogP contribution in [0.25, 0.3) is 11.0 Å². The summed E-state index contributed by atoms with van der Waals surface area (Å²) in [5.41, 5.74) is 2.88. The van der Waals surface area contributed by atoms with E-state index in [4.69, 9.17) is 9.72 Å². The van der Waals surface area contributed by atoms with Gasteiger partial charge >= 0.3 is 0 Å². The average molecular weight is 385 g/mol. The van der Waals surface area contributed by atoms with Gasteiger partial charge in [0.1, 0.15) is 17.6 Å². The van der Waals surface area contributed by atoms with E-state index in [1.165, 1.54) is 0 Å². The molecule has 0 spiro atoms. The number of imidazole rings is 1. The summed E-state index contributed by atoms with van der Waals surface area (Å²) in [6.45, 7) is 1.75. The van der Waals surface area contributed by atoms with E-state index in [0.717, 1.165) is 22.4 Å². The Balaban J connectivity index is 1.64. The van der Waals surface area contributed by atoms with Crippen LogP contribution in [0.2, 0.25) is 0 Å². The van der Waals surface area contributed by atoms with Crippen molar-refractivity contribution >= 4 is 16.9 Å². The van der Waals surface area contributed by atoms with Crippen LogP contribution in [-0.4, -0.2) is 21.6 Å². The molecule has 29 heavy (non-hydrogen) atoms. The number of fused-ring (bicyclic) bond motifs is 1. The number of benzene rings is 3. The van der Waals surface area contributed by atoms with Crippen molar-refractivity contribution in [1.82, 2.24) is 14.9 Å². The van der Waals surface area contributed by atoms with Crippen molar-refractivity contribution in [3.63, 3.8) is 0 Å². The summed E-state index contributed by atoms with van der Waals surface area (Å²) in [7, 11) is 1.97. The van der Waals surface area contributed by atoms with Gasteiger partial charge in [-0.3, -0.25) is 4.79 Å². The van der Waals surface area contributed by atoms with Crippen LogP contribution in [0, 0.1) is 0 Å². The van der Waals surface area contributed by atoms with Crippen LogP contribution in [0.4, 0.5) is 0 Å². The Morgan fingerprint density at radius 2 is 1.55 bits per heavy atom. The third kappa shape index (κ3) is 3.99. The number of para-hydroxylation sites is 3. The first kappa shape index (κ1) is 18.7. The maximum absolute atomic E-state index is 13.0. The van der Waals surface area contributed by atoms with Gasteiger partial charge in [-0.15, -0.1) is 0 Å². The normalized spacial score (nSPS) is 13.0. The zero-order valence-electron chi connectivity index (χ0n) is 16.4. The summed E-state index contributed by atoms with van der Waals surface area (Å²) in [5.74, 6) is 1.24. The Kier molecular flexibility index (Phi) is 5.29. The number of rotatable bonds is 6. The second-order valence-electron chi connectivity index (χ2n) is 6.94. The zero-order chi connectivity index (χ0) is 20.2. The summed E-state index contributed by atoms with van der Waals surface area (Å²) < 4.78 is 7.82. The Hall–Kier alpha value is -3.60. The van der Waals surface area contributed by atoms with Gasteiger partial charge in [0.15, 0.2) is 6.10 Å². The number of aromatic nitrogens is 2. The molecule has 3 aromatic carbocycles. The Bertz CT molecular complexity index is 1110. The number of carbonyl (C=O) groups excluding carboxylic acids is 1. The highest BCUT2D eigenvalue weighted by molar-refractivity contribution is 5.82. The van der Waals surface area contributed by atoms with Gasteiger partial charge in [-0.2, -0.15) is 0 Å². The average Bonchev–Trinajstić information content (AvgIpc) is 3.09. The van der Waals surface area contributed by atoms with Gasteiger partial charge in [-0.05, 0) is 36.8 Å². The number of aryl methyl sites for hydroxylation is 1. The summed E-state index contributed by atoms with van der Waals surface area (Å²) >= 11 is 0. The van der Waals surface area contributed by atoms with Crippen molar-refractivity contribution in [2.45, 2.75) is 19.1 Å². The molecule has 146 valence electrons. The van der Waals surface area contributed by atoms with Crippen LogP contribution in [0.15, 0.2) is 84.9 Å². The highest BCUT2D eigenvalue weighted by Crippen LogP contribution is 2.25. The monoisotopic (exact) mass is 385 g/mol. The third-order valence-corrected chi connectivity index (χ3v) is 4.92. The summed E-state index contributed by atoms with van der Waals surface area (Å²) in [6.07, 6.45) is -0.640. The SMILES string of the molecule is C[C@H](Oc1ccccc1)C(=O)N[C@H](c1ccccc1)c1nc2ccccc2n1C. The van der Waals surface area contributed by atoms with Crippen LogP contribution >= 0.6 is 0 Å². The largest absolute Gasteiger partial charge is 0.481 e. The molecule has 1 heterocycles. The topological polar surface area (TPSA) is 56.1 Å². The molecule has 4 aromatic rings. The van der Waals surface area contributed by atoms with Crippen molar-refractivity contribution in [2.75, 3.05) is 0 Å². The minimum atomic E-state index is -0.640. The second kappa shape index (κ2) is 8.19. The van der Waals surface area contributed by atoms with E-state index in [1.54, 1.807) is 6.92 Å². The van der Waals surface area contributed by atoms with E-state index in [1.807, 2.05) is 96.5 Å². The van der Waals surface area contributed by atoms with E-state index in [0.29, 0.717) is 5.75 Å². The number of ether oxygens (including phenoxy) is 1. The lowest BCUT2D eigenvalue weighted by atomic mass is 10.1. The summed E-state index contributed by atoms with van der Waals surface area (Å²) in [6, 6.07) is 26.8. The first-order valence-electron chi connectivity index (χ1n) is 9.62. The molecule has 1 aromatic heterocycles. The van der Waals surface area contributed by atoms with Gasteiger partial charge in [-0.25, -0.2) is 4.98 Å². The molecule has 0 radical (unpaired) electrons. The van der Waals surface area contributed by atoms with Crippen LogP contribution < -0.4 is 10.1 Å². The van der Waals surface area contributed by atoms with Gasteiger partial charge in [0.2, 0.25) is 0 Å². The molecule has 5 nitrogen and oxygen atoms in total. The maximum Gasteiger partial charge on any atom is 0.261 e. The fraction of sp³-hybridized carbons (Fsp3) is 0.167. The Labute approximate surface area is 170 Å². The lowest BCUT2D eigenvalue weighted by molar-refractivity contribution is -0.127. The number of nitrogens with one attached hydrogen (secondary N) is 1. The zero-order valence-corrected chi connectivity index (χ0v) is 16.4. The Morgan fingerprint density at radius 1 is 0.931 bits per heavy atom. The number of hydrogen-bond donors (Lipinski definition) is 1. The van der Waals surface area contributed by atoms with Crippen molar-refractivity contribution in [3.05, 3.63) is 96.3 Å². The predicted octanol–water partition coefficient (Wildman–Crippen LogP) is 4.25. The van der Waals surface area contributed by atoms with Gasteiger partial charge in [0.25, 0.3) is 5.91 Å². The fourth-order valence-corrected chi connectivity index (χ4v) is 3.38. The minimum Gasteiger partial charge on any atom is -0.481 e. The van der Waals surface area contributed by atoms with E-state index < -0.39 is 6.10 Å². The van der Waals surface area contributed by atoms with E-state index >= 15 is 0 Å².